The minimum atomic E-state index is -0.582. The zero-order valence-electron chi connectivity index (χ0n) is 8.41. The van der Waals surface area contributed by atoms with E-state index >= 15 is 0 Å². The van der Waals surface area contributed by atoms with Gasteiger partial charge in [0.15, 0.2) is 16.7 Å². The van der Waals surface area contributed by atoms with Gasteiger partial charge in [-0.2, -0.15) is 0 Å². The van der Waals surface area contributed by atoms with Crippen LogP contribution in [0.25, 0.3) is 0 Å². The van der Waals surface area contributed by atoms with Crippen LogP contribution in [-0.4, -0.2) is 37.1 Å². The average Bonchev–Trinajstić information content (AvgIpc) is 2.19. The van der Waals surface area contributed by atoms with Crippen molar-refractivity contribution in [2.45, 2.75) is 0 Å². The summed E-state index contributed by atoms with van der Waals surface area (Å²) < 4.78 is 4.84. The van der Waals surface area contributed by atoms with Gasteiger partial charge in [0, 0.05) is 14.1 Å². The summed E-state index contributed by atoms with van der Waals surface area (Å²) in [5, 5.41) is 0.156. The van der Waals surface area contributed by atoms with Crippen LogP contribution in [0.1, 0.15) is 10.5 Å². The number of anilines is 1. The first-order valence-corrected chi connectivity index (χ1v) is 5.13. The second kappa shape index (κ2) is 4.76. The average molecular weight is 295 g/mol. The topological polar surface area (TPSA) is 55.3 Å². The Kier molecular flexibility index (Phi) is 3.87. The van der Waals surface area contributed by atoms with Crippen molar-refractivity contribution in [2.75, 3.05) is 26.1 Å². The van der Waals surface area contributed by atoms with Crippen molar-refractivity contribution in [3.8, 4) is 0 Å². The van der Waals surface area contributed by atoms with E-state index in [1.807, 2.05) is 0 Å². The lowest BCUT2D eigenvalue weighted by Gasteiger charge is -2.13. The highest BCUT2D eigenvalue weighted by molar-refractivity contribution is 9.10. The minimum absolute atomic E-state index is 0.0631. The predicted octanol–water partition coefficient (Wildman–Crippen LogP) is 1.75. The number of hydrogen-bond acceptors (Lipinski definition) is 5. The largest absolute Gasteiger partial charge is 0.464 e. The summed E-state index contributed by atoms with van der Waals surface area (Å²) in [6.07, 6.45) is 0. The van der Waals surface area contributed by atoms with Crippen LogP contribution >= 0.6 is 27.5 Å². The van der Waals surface area contributed by atoms with E-state index < -0.39 is 5.97 Å². The fourth-order valence-electron chi connectivity index (χ4n) is 0.897. The third kappa shape index (κ3) is 2.57. The highest BCUT2D eigenvalue weighted by Gasteiger charge is 2.18. The van der Waals surface area contributed by atoms with Crippen molar-refractivity contribution in [3.05, 3.63) is 15.5 Å². The number of rotatable bonds is 2. The molecule has 0 spiro atoms. The molecule has 0 N–H and O–H groups in total. The lowest BCUT2D eigenvalue weighted by Crippen LogP contribution is -2.15. The molecule has 0 aliphatic rings. The molecule has 0 unspecified atom stereocenters. The SMILES string of the molecule is COC(=O)c1nc(Cl)c(N(C)C)nc1Br. The zero-order chi connectivity index (χ0) is 11.6. The molecule has 1 heterocycles. The molecule has 7 heteroatoms. The Hall–Kier alpha value is -0.880. The van der Waals surface area contributed by atoms with Gasteiger partial charge in [-0.1, -0.05) is 11.6 Å². The number of aromatic nitrogens is 2. The van der Waals surface area contributed by atoms with Crippen LogP contribution in [0.4, 0.5) is 5.82 Å². The summed E-state index contributed by atoms with van der Waals surface area (Å²) >= 11 is 8.98. The second-order valence-corrected chi connectivity index (χ2v) is 3.97. The van der Waals surface area contributed by atoms with Crippen LogP contribution in [0.3, 0.4) is 0 Å². The van der Waals surface area contributed by atoms with Gasteiger partial charge in [-0.15, -0.1) is 0 Å². The van der Waals surface area contributed by atoms with Gasteiger partial charge in [0.1, 0.15) is 4.60 Å². The Balaban J connectivity index is 3.25. The fraction of sp³-hybridized carbons (Fsp3) is 0.375. The molecule has 0 amide bonds. The molecule has 0 radical (unpaired) electrons. The van der Waals surface area contributed by atoms with Crippen LogP contribution in [0.2, 0.25) is 5.15 Å². The summed E-state index contributed by atoms with van der Waals surface area (Å²) in [7, 11) is 4.82. The molecule has 0 fully saturated rings. The van der Waals surface area contributed by atoms with E-state index in [9.17, 15) is 4.79 Å². The summed E-state index contributed by atoms with van der Waals surface area (Å²) in [4.78, 5) is 20.9. The van der Waals surface area contributed by atoms with Crippen molar-refractivity contribution in [3.63, 3.8) is 0 Å². The highest BCUT2D eigenvalue weighted by atomic mass is 79.9. The van der Waals surface area contributed by atoms with E-state index in [1.165, 1.54) is 7.11 Å². The molecule has 1 rings (SSSR count). The Morgan fingerprint density at radius 3 is 2.53 bits per heavy atom. The van der Waals surface area contributed by atoms with Crippen molar-refractivity contribution in [1.82, 2.24) is 9.97 Å². The number of ether oxygens (including phenoxy) is 1. The predicted molar refractivity (Wildman–Crippen MR) is 60.4 cm³/mol. The number of carbonyl (C=O) groups is 1. The van der Waals surface area contributed by atoms with E-state index in [-0.39, 0.29) is 10.8 Å². The van der Waals surface area contributed by atoms with Crippen LogP contribution in [0.15, 0.2) is 4.60 Å². The van der Waals surface area contributed by atoms with E-state index in [0.717, 1.165) is 0 Å². The quantitative estimate of drug-likeness (QED) is 0.778. The Labute approximate surface area is 101 Å². The first-order chi connectivity index (χ1) is 6.97. The molecule has 0 bridgehead atoms. The normalized spacial score (nSPS) is 9.93. The molecule has 0 atom stereocenters. The van der Waals surface area contributed by atoms with E-state index in [4.69, 9.17) is 11.6 Å². The first kappa shape index (κ1) is 12.2. The van der Waals surface area contributed by atoms with Crippen LogP contribution in [0.5, 0.6) is 0 Å². The molecule has 0 aliphatic carbocycles. The summed E-state index contributed by atoms with van der Waals surface area (Å²) in [6, 6.07) is 0. The number of halogens is 2. The number of hydrogen-bond donors (Lipinski definition) is 0. The molecule has 5 nitrogen and oxygen atoms in total. The first-order valence-electron chi connectivity index (χ1n) is 3.96. The maximum atomic E-state index is 11.2. The standard InChI is InChI=1S/C8H9BrClN3O2/c1-13(2)7-6(10)11-4(5(9)12-7)8(14)15-3/h1-3H3. The van der Waals surface area contributed by atoms with Gasteiger partial charge in [-0.3, -0.25) is 0 Å². The summed E-state index contributed by atoms with van der Waals surface area (Å²) in [5.41, 5.74) is 0.0631. The molecule has 15 heavy (non-hydrogen) atoms. The van der Waals surface area contributed by atoms with Gasteiger partial charge < -0.3 is 9.64 Å². The minimum Gasteiger partial charge on any atom is -0.464 e. The van der Waals surface area contributed by atoms with E-state index in [2.05, 4.69) is 30.6 Å². The molecule has 1 aromatic heterocycles. The smallest absolute Gasteiger partial charge is 0.359 e. The summed E-state index contributed by atoms with van der Waals surface area (Å²) in [5.74, 6) is -0.0993. The molecular formula is C8H9BrClN3O2. The number of carbonyl (C=O) groups excluding carboxylic acids is 1. The lowest BCUT2D eigenvalue weighted by atomic mass is 10.4. The fourth-order valence-corrected chi connectivity index (χ4v) is 1.61. The van der Waals surface area contributed by atoms with Gasteiger partial charge in [-0.05, 0) is 15.9 Å². The molecule has 1 aromatic rings. The molecule has 0 saturated carbocycles. The highest BCUT2D eigenvalue weighted by Crippen LogP contribution is 2.24. The lowest BCUT2D eigenvalue weighted by molar-refractivity contribution is 0.0592. The van der Waals surface area contributed by atoms with Gasteiger partial charge in [0.2, 0.25) is 0 Å². The van der Waals surface area contributed by atoms with Crippen LogP contribution < -0.4 is 4.90 Å². The second-order valence-electron chi connectivity index (χ2n) is 2.86. The number of nitrogens with zero attached hydrogens (tertiary/aromatic N) is 3. The molecular weight excluding hydrogens is 285 g/mol. The van der Waals surface area contributed by atoms with Gasteiger partial charge in [0.25, 0.3) is 0 Å². The Morgan fingerprint density at radius 2 is 2.07 bits per heavy atom. The van der Waals surface area contributed by atoms with Crippen molar-refractivity contribution < 1.29 is 9.53 Å². The van der Waals surface area contributed by atoms with Gasteiger partial charge in [0.05, 0.1) is 7.11 Å². The summed E-state index contributed by atoms with van der Waals surface area (Å²) in [6.45, 7) is 0. The van der Waals surface area contributed by atoms with E-state index in [0.29, 0.717) is 10.4 Å². The number of esters is 1. The Morgan fingerprint density at radius 1 is 1.47 bits per heavy atom. The van der Waals surface area contributed by atoms with Crippen LogP contribution in [0, 0.1) is 0 Å². The maximum Gasteiger partial charge on any atom is 0.359 e. The third-order valence-electron chi connectivity index (χ3n) is 1.60. The molecule has 0 aliphatic heterocycles. The van der Waals surface area contributed by atoms with Crippen LogP contribution in [-0.2, 0) is 4.74 Å². The number of methoxy groups -OCH3 is 1. The van der Waals surface area contributed by atoms with Gasteiger partial charge >= 0.3 is 5.97 Å². The monoisotopic (exact) mass is 293 g/mol. The maximum absolute atomic E-state index is 11.2. The molecule has 82 valence electrons. The molecule has 0 saturated heterocycles. The van der Waals surface area contributed by atoms with E-state index in [1.54, 1.807) is 19.0 Å². The third-order valence-corrected chi connectivity index (χ3v) is 2.40. The zero-order valence-corrected chi connectivity index (χ0v) is 10.8. The van der Waals surface area contributed by atoms with Crippen molar-refractivity contribution in [2.24, 2.45) is 0 Å². The van der Waals surface area contributed by atoms with Crippen molar-refractivity contribution >= 4 is 39.3 Å². The Bertz CT molecular complexity index is 398. The van der Waals surface area contributed by atoms with Crippen molar-refractivity contribution in [1.29, 1.82) is 0 Å². The van der Waals surface area contributed by atoms with Gasteiger partial charge in [-0.25, -0.2) is 14.8 Å². The molecule has 0 aromatic carbocycles.